The van der Waals surface area contributed by atoms with Gasteiger partial charge in [0.2, 0.25) is 6.23 Å². The van der Waals surface area contributed by atoms with Gasteiger partial charge in [-0.1, -0.05) is 41.4 Å². The average Bonchev–Trinajstić information content (AvgIpc) is 2.90. The highest BCUT2D eigenvalue weighted by atomic mass is 35.5. The Balaban J connectivity index is 1.75. The lowest BCUT2D eigenvalue weighted by Gasteiger charge is -2.39. The van der Waals surface area contributed by atoms with E-state index in [1.807, 2.05) is 0 Å². The number of anilines is 1. The molecule has 174 valence electrons. The van der Waals surface area contributed by atoms with Crippen LogP contribution in [0, 0.1) is 0 Å². The van der Waals surface area contributed by atoms with Crippen molar-refractivity contribution in [3.8, 4) is 0 Å². The van der Waals surface area contributed by atoms with E-state index in [9.17, 15) is 30.0 Å². The number of aliphatic imine (C=N–C) groups is 1. The van der Waals surface area contributed by atoms with Gasteiger partial charge in [-0.3, -0.25) is 4.79 Å². The maximum atomic E-state index is 12.9. The molecule has 4 rings (SSSR count). The number of carbonyl (C=O) groups excluding carboxylic acids is 1. The fourth-order valence-corrected chi connectivity index (χ4v) is 3.91. The second-order valence-corrected chi connectivity index (χ2v) is 8.20. The fraction of sp³-hybridized carbons (Fsp3) is 0.286. The number of aliphatic hydroxyl groups is 3. The Kier molecular flexibility index (Phi) is 6.68. The van der Waals surface area contributed by atoms with Crippen molar-refractivity contribution in [1.82, 2.24) is 0 Å². The molecule has 6 atom stereocenters. The molecule has 0 saturated carbocycles. The molecule has 0 bridgehead atoms. The summed E-state index contributed by atoms with van der Waals surface area (Å²) in [6.45, 7) is 0. The van der Waals surface area contributed by atoms with E-state index in [1.165, 1.54) is 0 Å². The molecule has 0 aliphatic carbocycles. The number of halogens is 2. The largest absolute Gasteiger partial charge is 0.479 e. The van der Waals surface area contributed by atoms with Crippen molar-refractivity contribution in [2.24, 2.45) is 4.99 Å². The second-order valence-electron chi connectivity index (χ2n) is 7.36. The van der Waals surface area contributed by atoms with Gasteiger partial charge in [-0.15, -0.1) is 0 Å². The minimum Gasteiger partial charge on any atom is -0.479 e. The van der Waals surface area contributed by atoms with Crippen LogP contribution in [0.5, 0.6) is 0 Å². The van der Waals surface area contributed by atoms with E-state index < -0.39 is 48.8 Å². The number of nitrogens with zero attached hydrogens (tertiary/aromatic N) is 1. The molecule has 1 saturated heterocycles. The van der Waals surface area contributed by atoms with Gasteiger partial charge in [0.1, 0.15) is 18.3 Å². The highest BCUT2D eigenvalue weighted by Gasteiger charge is 2.48. The molecule has 12 heteroatoms. The predicted octanol–water partition coefficient (Wildman–Crippen LogP) is 1.02. The van der Waals surface area contributed by atoms with Crippen LogP contribution in [0.25, 0.3) is 0 Å². The number of benzene rings is 2. The number of ether oxygens (including phenoxy) is 2. The molecule has 2 aromatic carbocycles. The standard InChI is InChI=1S/C21H18Cl2N2O8/c22-8-5-6-12-10(7-8)13(9-3-1-2-4-11(9)23)25-19(18(29)24-12)33-21-16(28)14(26)15(27)17(32-21)20(30)31/h1-7,14-17,19,21,26-28H,(H,24,29)(H,30,31)/t14-,15-,16+,17-,19?,21-/m1/s1. The Morgan fingerprint density at radius 2 is 1.76 bits per heavy atom. The number of aliphatic hydroxyl groups excluding tert-OH is 3. The molecule has 2 heterocycles. The first kappa shape index (κ1) is 23.6. The summed E-state index contributed by atoms with van der Waals surface area (Å²) in [4.78, 5) is 28.6. The van der Waals surface area contributed by atoms with E-state index >= 15 is 0 Å². The number of fused-ring (bicyclic) bond motifs is 1. The first-order chi connectivity index (χ1) is 15.7. The molecule has 0 aromatic heterocycles. The number of carbonyl (C=O) groups is 2. The second kappa shape index (κ2) is 9.35. The van der Waals surface area contributed by atoms with E-state index in [1.54, 1.807) is 42.5 Å². The molecule has 0 radical (unpaired) electrons. The number of rotatable bonds is 4. The van der Waals surface area contributed by atoms with Crippen LogP contribution in [-0.2, 0) is 19.1 Å². The summed E-state index contributed by atoms with van der Waals surface area (Å²) in [5.74, 6) is -2.35. The van der Waals surface area contributed by atoms with Crippen molar-refractivity contribution >= 4 is 46.5 Å². The third-order valence-corrected chi connectivity index (χ3v) is 5.73. The molecule has 10 nitrogen and oxygen atoms in total. The van der Waals surface area contributed by atoms with Crippen molar-refractivity contribution in [2.75, 3.05) is 5.32 Å². The van der Waals surface area contributed by atoms with E-state index in [0.29, 0.717) is 26.9 Å². The lowest BCUT2D eigenvalue weighted by atomic mass is 9.99. The van der Waals surface area contributed by atoms with Crippen LogP contribution in [0.2, 0.25) is 10.0 Å². The first-order valence-electron chi connectivity index (χ1n) is 9.69. The van der Waals surface area contributed by atoms with Crippen LogP contribution >= 0.6 is 23.2 Å². The fourth-order valence-electron chi connectivity index (χ4n) is 3.51. The molecule has 2 aliphatic rings. The van der Waals surface area contributed by atoms with Crippen LogP contribution in [0.4, 0.5) is 5.69 Å². The molecular formula is C21H18Cl2N2O8. The van der Waals surface area contributed by atoms with E-state index in [4.69, 9.17) is 32.7 Å². The van der Waals surface area contributed by atoms with Gasteiger partial charge in [0.05, 0.1) is 11.4 Å². The highest BCUT2D eigenvalue weighted by Crippen LogP contribution is 2.31. The van der Waals surface area contributed by atoms with Crippen LogP contribution in [0.1, 0.15) is 11.1 Å². The summed E-state index contributed by atoms with van der Waals surface area (Å²) in [6.07, 6.45) is -11.0. The zero-order valence-corrected chi connectivity index (χ0v) is 18.1. The first-order valence-corrected chi connectivity index (χ1v) is 10.4. The summed E-state index contributed by atoms with van der Waals surface area (Å²) < 4.78 is 10.6. The van der Waals surface area contributed by atoms with Crippen LogP contribution in [-0.4, -0.2) is 74.9 Å². The van der Waals surface area contributed by atoms with Crippen molar-refractivity contribution in [2.45, 2.75) is 36.9 Å². The number of hydrogen-bond acceptors (Lipinski definition) is 8. The Morgan fingerprint density at radius 3 is 2.45 bits per heavy atom. The number of carboxylic acid groups (broad SMARTS) is 1. The van der Waals surface area contributed by atoms with Crippen LogP contribution in [0.3, 0.4) is 0 Å². The van der Waals surface area contributed by atoms with Gasteiger partial charge in [0.15, 0.2) is 12.4 Å². The van der Waals surface area contributed by atoms with Crippen LogP contribution in [0.15, 0.2) is 47.5 Å². The van der Waals surface area contributed by atoms with Gasteiger partial charge in [-0.05, 0) is 24.3 Å². The molecule has 2 aliphatic heterocycles. The summed E-state index contributed by atoms with van der Waals surface area (Å²) in [5.41, 5.74) is 1.50. The number of nitrogens with one attached hydrogen (secondary N) is 1. The molecule has 5 N–H and O–H groups in total. The molecule has 1 amide bonds. The molecular weight excluding hydrogens is 479 g/mol. The lowest BCUT2D eigenvalue weighted by Crippen LogP contribution is -2.61. The number of aliphatic carboxylic acids is 1. The average molecular weight is 497 g/mol. The van der Waals surface area contributed by atoms with Gasteiger partial charge >= 0.3 is 5.97 Å². The minimum atomic E-state index is -1.91. The number of carboxylic acids is 1. The summed E-state index contributed by atoms with van der Waals surface area (Å²) in [7, 11) is 0. The Labute approximate surface area is 197 Å². The van der Waals surface area contributed by atoms with Gasteiger partial charge < -0.3 is 35.2 Å². The predicted molar refractivity (Wildman–Crippen MR) is 116 cm³/mol. The quantitative estimate of drug-likeness (QED) is 0.419. The van der Waals surface area contributed by atoms with Gasteiger partial charge in [0, 0.05) is 21.2 Å². The summed E-state index contributed by atoms with van der Waals surface area (Å²) >= 11 is 12.5. The van der Waals surface area contributed by atoms with Gasteiger partial charge in [-0.2, -0.15) is 0 Å². The monoisotopic (exact) mass is 496 g/mol. The Hall–Kier alpha value is -2.57. The van der Waals surface area contributed by atoms with Crippen molar-refractivity contribution in [1.29, 1.82) is 0 Å². The SMILES string of the molecule is O=C1Nc2ccc(Cl)cc2C(c2ccccc2Cl)=NC1O[C@H]1O[C@@H](C(=O)O)[C@H](O)[C@@H](O)[C@@H]1O. The molecule has 2 aromatic rings. The molecule has 0 spiro atoms. The van der Waals surface area contributed by atoms with Crippen molar-refractivity contribution in [3.63, 3.8) is 0 Å². The molecule has 1 unspecified atom stereocenters. The Bertz CT molecular complexity index is 1130. The number of benzodiazepines with no additional fused rings is 1. The maximum absolute atomic E-state index is 12.9. The summed E-state index contributed by atoms with van der Waals surface area (Å²) in [6, 6.07) is 11.4. The minimum absolute atomic E-state index is 0.238. The summed E-state index contributed by atoms with van der Waals surface area (Å²) in [5, 5.41) is 42.7. The van der Waals surface area contributed by atoms with Gasteiger partial charge in [0.25, 0.3) is 5.91 Å². The Morgan fingerprint density at radius 1 is 1.03 bits per heavy atom. The normalized spacial score (nSPS) is 29.5. The van der Waals surface area contributed by atoms with Crippen molar-refractivity contribution in [3.05, 3.63) is 63.6 Å². The smallest absolute Gasteiger partial charge is 0.335 e. The van der Waals surface area contributed by atoms with Crippen molar-refractivity contribution < 1.29 is 39.5 Å². The highest BCUT2D eigenvalue weighted by molar-refractivity contribution is 6.36. The van der Waals surface area contributed by atoms with Crippen LogP contribution < -0.4 is 5.32 Å². The number of hydrogen-bond donors (Lipinski definition) is 5. The maximum Gasteiger partial charge on any atom is 0.335 e. The molecule has 1 fully saturated rings. The van der Waals surface area contributed by atoms with E-state index in [2.05, 4.69) is 10.3 Å². The zero-order valence-electron chi connectivity index (χ0n) is 16.6. The van der Waals surface area contributed by atoms with Gasteiger partial charge in [-0.25, -0.2) is 9.79 Å². The number of amides is 1. The third kappa shape index (κ3) is 4.59. The lowest BCUT2D eigenvalue weighted by molar-refractivity contribution is -0.300. The third-order valence-electron chi connectivity index (χ3n) is 5.17. The van der Waals surface area contributed by atoms with E-state index in [0.717, 1.165) is 0 Å². The molecule has 33 heavy (non-hydrogen) atoms. The topological polar surface area (TPSA) is 158 Å². The van der Waals surface area contributed by atoms with E-state index in [-0.39, 0.29) is 5.71 Å². The zero-order chi connectivity index (χ0) is 23.9.